The number of hydrogen-bond acceptors (Lipinski definition) is 3. The first kappa shape index (κ1) is 14.1. The van der Waals surface area contributed by atoms with Crippen molar-refractivity contribution in [1.29, 1.82) is 0 Å². The number of carbonyl (C=O) groups is 1. The Bertz CT molecular complexity index is 523. The van der Waals surface area contributed by atoms with Gasteiger partial charge < -0.3 is 4.74 Å². The summed E-state index contributed by atoms with van der Waals surface area (Å²) in [7, 11) is 0. The maximum absolute atomic E-state index is 14.0. The van der Waals surface area contributed by atoms with Crippen molar-refractivity contribution in [3.05, 3.63) is 35.1 Å². The lowest BCUT2D eigenvalue weighted by molar-refractivity contribution is -0.0735. The lowest BCUT2D eigenvalue weighted by atomic mass is 9.81. The Morgan fingerprint density at radius 3 is 3.05 bits per heavy atom. The smallest absolute Gasteiger partial charge is 0.169 e. The standard InChI is InChI=1S/C16H19FO2S/c1-11-2-3-13(14(17)8-11)15(18)12-4-6-19-16(9-12)5-7-20-10-16/h2-3,8,12H,4-7,9-10H2,1H3. The van der Waals surface area contributed by atoms with Crippen molar-refractivity contribution in [3.63, 3.8) is 0 Å². The van der Waals surface area contributed by atoms with Gasteiger partial charge in [-0.05, 0) is 49.6 Å². The number of ketones is 1. The molecule has 0 saturated carbocycles. The van der Waals surface area contributed by atoms with Crippen LogP contribution in [0.15, 0.2) is 18.2 Å². The summed E-state index contributed by atoms with van der Waals surface area (Å²) >= 11 is 1.88. The monoisotopic (exact) mass is 294 g/mol. The van der Waals surface area contributed by atoms with Crippen molar-refractivity contribution < 1.29 is 13.9 Å². The normalized spacial score (nSPS) is 29.8. The van der Waals surface area contributed by atoms with Crippen molar-refractivity contribution >= 4 is 17.5 Å². The minimum Gasteiger partial charge on any atom is -0.374 e. The van der Waals surface area contributed by atoms with Crippen molar-refractivity contribution in [2.24, 2.45) is 5.92 Å². The maximum atomic E-state index is 14.0. The predicted molar refractivity (Wildman–Crippen MR) is 78.8 cm³/mol. The molecule has 2 saturated heterocycles. The zero-order valence-electron chi connectivity index (χ0n) is 11.7. The fraction of sp³-hybridized carbons (Fsp3) is 0.562. The van der Waals surface area contributed by atoms with Crippen molar-refractivity contribution in [2.75, 3.05) is 18.1 Å². The molecule has 2 aliphatic rings. The number of hydrogen-bond donors (Lipinski definition) is 0. The number of Topliss-reactive ketones (excluding diaryl/α,β-unsaturated/α-hetero) is 1. The molecule has 0 N–H and O–H groups in total. The minimum atomic E-state index is -0.392. The number of benzene rings is 1. The molecule has 2 fully saturated rings. The molecule has 108 valence electrons. The van der Waals surface area contributed by atoms with Crippen LogP contribution in [0.4, 0.5) is 4.39 Å². The number of thioether (sulfide) groups is 1. The Morgan fingerprint density at radius 1 is 1.50 bits per heavy atom. The lowest BCUT2D eigenvalue weighted by Crippen LogP contribution is -2.42. The molecule has 4 heteroatoms. The Hall–Kier alpha value is -0.870. The largest absolute Gasteiger partial charge is 0.374 e. The molecule has 0 radical (unpaired) electrons. The highest BCUT2D eigenvalue weighted by Gasteiger charge is 2.42. The van der Waals surface area contributed by atoms with Crippen LogP contribution in [0.2, 0.25) is 0 Å². The SMILES string of the molecule is Cc1ccc(C(=O)C2CCOC3(CCSC3)C2)c(F)c1. The Balaban J connectivity index is 1.79. The molecule has 0 amide bonds. The van der Waals surface area contributed by atoms with E-state index in [-0.39, 0.29) is 22.9 Å². The minimum absolute atomic E-state index is 0.0536. The highest BCUT2D eigenvalue weighted by atomic mass is 32.2. The first-order chi connectivity index (χ1) is 9.60. The molecule has 0 aromatic heterocycles. The van der Waals surface area contributed by atoms with Crippen LogP contribution < -0.4 is 0 Å². The number of halogens is 1. The molecule has 2 unspecified atom stereocenters. The van der Waals surface area contributed by atoms with Crippen molar-refractivity contribution in [1.82, 2.24) is 0 Å². The van der Waals surface area contributed by atoms with Gasteiger partial charge in [0, 0.05) is 18.3 Å². The molecule has 2 aliphatic heterocycles. The molecule has 1 aromatic carbocycles. The van der Waals surface area contributed by atoms with Gasteiger partial charge in [0.25, 0.3) is 0 Å². The summed E-state index contributed by atoms with van der Waals surface area (Å²) in [5, 5.41) is 0. The van der Waals surface area contributed by atoms with Crippen molar-refractivity contribution in [3.8, 4) is 0 Å². The van der Waals surface area contributed by atoms with Crippen LogP contribution in [-0.2, 0) is 4.74 Å². The number of ether oxygens (including phenoxy) is 1. The Morgan fingerprint density at radius 2 is 2.35 bits per heavy atom. The topological polar surface area (TPSA) is 26.3 Å². The fourth-order valence-electron chi connectivity index (χ4n) is 3.15. The van der Waals surface area contributed by atoms with E-state index in [0.717, 1.165) is 29.9 Å². The van der Waals surface area contributed by atoms with Crippen LogP contribution in [-0.4, -0.2) is 29.5 Å². The van der Waals surface area contributed by atoms with Gasteiger partial charge in [-0.3, -0.25) is 4.79 Å². The van der Waals surface area contributed by atoms with Crippen LogP contribution in [0.1, 0.15) is 35.2 Å². The van der Waals surface area contributed by atoms with Crippen LogP contribution >= 0.6 is 11.8 Å². The van der Waals surface area contributed by atoms with E-state index < -0.39 is 5.82 Å². The lowest BCUT2D eigenvalue weighted by Gasteiger charge is -2.37. The molecule has 2 atom stereocenters. The molecule has 0 bridgehead atoms. The van der Waals surface area contributed by atoms with Gasteiger partial charge in [-0.1, -0.05) is 6.07 Å². The van der Waals surface area contributed by atoms with E-state index in [1.54, 1.807) is 12.1 Å². The first-order valence-electron chi connectivity index (χ1n) is 7.12. The predicted octanol–water partition coefficient (Wildman–Crippen LogP) is 3.62. The second kappa shape index (κ2) is 5.49. The van der Waals surface area contributed by atoms with Crippen molar-refractivity contribution in [2.45, 2.75) is 31.8 Å². The Labute approximate surface area is 123 Å². The van der Waals surface area contributed by atoms with Gasteiger partial charge >= 0.3 is 0 Å². The average molecular weight is 294 g/mol. The number of carbonyl (C=O) groups excluding carboxylic acids is 1. The molecular formula is C16H19FO2S. The van der Waals surface area contributed by atoms with Gasteiger partial charge in [0.15, 0.2) is 5.78 Å². The highest BCUT2D eigenvalue weighted by Crippen LogP contribution is 2.41. The van der Waals surface area contributed by atoms with Crippen LogP contribution in [0.5, 0.6) is 0 Å². The van der Waals surface area contributed by atoms with Crippen LogP contribution in [0.3, 0.4) is 0 Å². The molecule has 3 rings (SSSR count). The third-order valence-corrected chi connectivity index (χ3v) is 5.54. The van der Waals surface area contributed by atoms with Gasteiger partial charge in [-0.15, -0.1) is 0 Å². The van der Waals surface area contributed by atoms with E-state index in [9.17, 15) is 9.18 Å². The highest BCUT2D eigenvalue weighted by molar-refractivity contribution is 7.99. The zero-order chi connectivity index (χ0) is 14.2. The molecular weight excluding hydrogens is 275 g/mol. The van der Waals surface area contributed by atoms with Gasteiger partial charge in [0.1, 0.15) is 5.82 Å². The Kier molecular flexibility index (Phi) is 3.87. The molecule has 2 heterocycles. The zero-order valence-corrected chi connectivity index (χ0v) is 12.5. The molecule has 2 nitrogen and oxygen atoms in total. The van der Waals surface area contributed by atoms with E-state index in [1.165, 1.54) is 6.07 Å². The summed E-state index contributed by atoms with van der Waals surface area (Å²) in [5.41, 5.74) is 0.947. The fourth-order valence-corrected chi connectivity index (χ4v) is 4.53. The van der Waals surface area contributed by atoms with Gasteiger partial charge in [-0.25, -0.2) is 4.39 Å². The maximum Gasteiger partial charge on any atom is 0.169 e. The summed E-state index contributed by atoms with van der Waals surface area (Å²) in [5.74, 6) is 1.52. The summed E-state index contributed by atoms with van der Waals surface area (Å²) in [6.45, 7) is 2.45. The molecule has 1 aromatic rings. The first-order valence-corrected chi connectivity index (χ1v) is 8.27. The summed E-state index contributed by atoms with van der Waals surface area (Å²) < 4.78 is 19.9. The van der Waals surface area contributed by atoms with Crippen LogP contribution in [0, 0.1) is 18.7 Å². The third kappa shape index (κ3) is 2.63. The van der Waals surface area contributed by atoms with E-state index in [2.05, 4.69) is 0 Å². The van der Waals surface area contributed by atoms with E-state index in [0.29, 0.717) is 13.0 Å². The summed E-state index contributed by atoms with van der Waals surface area (Å²) in [6.07, 6.45) is 2.46. The van der Waals surface area contributed by atoms with E-state index in [4.69, 9.17) is 4.74 Å². The van der Waals surface area contributed by atoms with Crippen LogP contribution in [0.25, 0.3) is 0 Å². The molecule has 0 aliphatic carbocycles. The van der Waals surface area contributed by atoms with E-state index in [1.807, 2.05) is 18.7 Å². The van der Waals surface area contributed by atoms with Gasteiger partial charge in [-0.2, -0.15) is 11.8 Å². The molecule has 1 spiro atoms. The molecule has 20 heavy (non-hydrogen) atoms. The second-order valence-electron chi connectivity index (χ2n) is 5.87. The second-order valence-corrected chi connectivity index (χ2v) is 6.98. The summed E-state index contributed by atoms with van der Waals surface area (Å²) in [4.78, 5) is 12.6. The van der Waals surface area contributed by atoms with Gasteiger partial charge in [0.2, 0.25) is 0 Å². The number of rotatable bonds is 2. The average Bonchev–Trinajstić information content (AvgIpc) is 2.86. The van der Waals surface area contributed by atoms with Gasteiger partial charge in [0.05, 0.1) is 11.2 Å². The number of aryl methyl sites for hydroxylation is 1. The summed E-state index contributed by atoms with van der Waals surface area (Å²) in [6, 6.07) is 4.86. The van der Waals surface area contributed by atoms with E-state index >= 15 is 0 Å². The third-order valence-electron chi connectivity index (χ3n) is 4.32. The quantitative estimate of drug-likeness (QED) is 0.779.